The fourth-order valence-corrected chi connectivity index (χ4v) is 2.71. The number of rotatable bonds is 5. The highest BCUT2D eigenvalue weighted by Gasteiger charge is 2.23. The third-order valence-electron chi connectivity index (χ3n) is 3.95. The van der Waals surface area contributed by atoms with E-state index in [0.29, 0.717) is 18.5 Å². The highest BCUT2D eigenvalue weighted by molar-refractivity contribution is 5.76. The van der Waals surface area contributed by atoms with E-state index in [0.717, 1.165) is 31.4 Å². The van der Waals surface area contributed by atoms with Crippen molar-refractivity contribution in [2.45, 2.75) is 44.7 Å². The molecule has 2 atom stereocenters. The Morgan fingerprint density at radius 1 is 1.45 bits per heavy atom. The van der Waals surface area contributed by atoms with E-state index >= 15 is 0 Å². The Bertz CT molecular complexity index is 464. The molecular formula is C16H23FN2O. The van der Waals surface area contributed by atoms with E-state index in [1.165, 1.54) is 6.07 Å². The largest absolute Gasteiger partial charge is 0.344 e. The van der Waals surface area contributed by atoms with E-state index in [1.54, 1.807) is 11.0 Å². The summed E-state index contributed by atoms with van der Waals surface area (Å²) in [5, 5.41) is 3.54. The van der Waals surface area contributed by atoms with Crippen LogP contribution in [0.3, 0.4) is 0 Å². The third kappa shape index (κ3) is 4.04. The summed E-state index contributed by atoms with van der Waals surface area (Å²) in [5.74, 6) is 0.102. The average molecular weight is 278 g/mol. The highest BCUT2D eigenvalue weighted by Crippen LogP contribution is 2.13. The molecule has 0 saturated carbocycles. The van der Waals surface area contributed by atoms with Crippen molar-refractivity contribution in [3.8, 4) is 0 Å². The van der Waals surface area contributed by atoms with Gasteiger partial charge in [-0.05, 0) is 37.8 Å². The van der Waals surface area contributed by atoms with Crippen molar-refractivity contribution in [1.82, 2.24) is 10.2 Å². The van der Waals surface area contributed by atoms with Gasteiger partial charge in [-0.25, -0.2) is 4.39 Å². The lowest BCUT2D eigenvalue weighted by atomic mass is 10.0. The molecule has 1 N–H and O–H groups in total. The van der Waals surface area contributed by atoms with E-state index in [4.69, 9.17) is 0 Å². The molecule has 1 aromatic carbocycles. The maximum Gasteiger partial charge on any atom is 0.222 e. The van der Waals surface area contributed by atoms with E-state index in [9.17, 15) is 9.18 Å². The number of benzene rings is 1. The molecule has 1 heterocycles. The predicted molar refractivity (Wildman–Crippen MR) is 78.0 cm³/mol. The number of carbonyl (C=O) groups is 1. The highest BCUT2D eigenvalue weighted by atomic mass is 19.1. The van der Waals surface area contributed by atoms with Gasteiger partial charge < -0.3 is 10.2 Å². The Morgan fingerprint density at radius 3 is 2.90 bits per heavy atom. The monoisotopic (exact) mass is 278 g/mol. The molecule has 2 rings (SSSR count). The predicted octanol–water partition coefficient (Wildman–Crippen LogP) is 2.36. The summed E-state index contributed by atoms with van der Waals surface area (Å²) in [7, 11) is 1.85. The van der Waals surface area contributed by atoms with E-state index in [-0.39, 0.29) is 11.7 Å². The summed E-state index contributed by atoms with van der Waals surface area (Å²) >= 11 is 0. The number of hydrogen-bond acceptors (Lipinski definition) is 2. The van der Waals surface area contributed by atoms with Gasteiger partial charge in [-0.2, -0.15) is 0 Å². The van der Waals surface area contributed by atoms with Gasteiger partial charge in [0.2, 0.25) is 5.91 Å². The second-order valence-electron chi connectivity index (χ2n) is 5.71. The Labute approximate surface area is 120 Å². The number of nitrogens with one attached hydrogen (secondary N) is 1. The third-order valence-corrected chi connectivity index (χ3v) is 3.95. The van der Waals surface area contributed by atoms with Crippen molar-refractivity contribution in [2.75, 3.05) is 13.6 Å². The second-order valence-corrected chi connectivity index (χ2v) is 5.71. The van der Waals surface area contributed by atoms with Gasteiger partial charge in [-0.3, -0.25) is 4.79 Å². The summed E-state index contributed by atoms with van der Waals surface area (Å²) < 4.78 is 13.5. The number of hydrogen-bond donors (Lipinski definition) is 1. The molecule has 1 aliphatic rings. The van der Waals surface area contributed by atoms with Crippen LogP contribution in [0.15, 0.2) is 24.3 Å². The number of nitrogens with zero attached hydrogens (tertiary/aromatic N) is 1. The number of halogens is 1. The van der Waals surface area contributed by atoms with Crippen molar-refractivity contribution in [3.05, 3.63) is 35.6 Å². The van der Waals surface area contributed by atoms with Crippen LogP contribution in [0.4, 0.5) is 4.39 Å². The molecule has 20 heavy (non-hydrogen) atoms. The average Bonchev–Trinajstić information content (AvgIpc) is 2.42. The molecule has 0 aromatic heterocycles. The molecule has 3 nitrogen and oxygen atoms in total. The van der Waals surface area contributed by atoms with Gasteiger partial charge in [-0.15, -0.1) is 0 Å². The van der Waals surface area contributed by atoms with Crippen molar-refractivity contribution in [3.63, 3.8) is 0 Å². The van der Waals surface area contributed by atoms with Gasteiger partial charge >= 0.3 is 0 Å². The molecule has 0 aliphatic carbocycles. The Morgan fingerprint density at radius 2 is 2.20 bits per heavy atom. The summed E-state index contributed by atoms with van der Waals surface area (Å²) in [6, 6.07) is 7.62. The van der Waals surface area contributed by atoms with Crippen LogP contribution in [0.25, 0.3) is 0 Å². The minimum Gasteiger partial charge on any atom is -0.344 e. The lowest BCUT2D eigenvalue weighted by Crippen LogP contribution is -2.49. The topological polar surface area (TPSA) is 32.3 Å². The molecule has 1 aliphatic heterocycles. The first-order valence-electron chi connectivity index (χ1n) is 7.29. The lowest BCUT2D eigenvalue weighted by molar-refractivity contribution is -0.132. The minimum atomic E-state index is -0.123. The molecule has 1 aromatic rings. The van der Waals surface area contributed by atoms with E-state index in [1.807, 2.05) is 19.2 Å². The molecular weight excluding hydrogens is 255 g/mol. The summed E-state index contributed by atoms with van der Waals surface area (Å²) in [6.07, 6.45) is 3.15. The molecule has 0 radical (unpaired) electrons. The van der Waals surface area contributed by atoms with Gasteiger partial charge in [0.25, 0.3) is 0 Å². The smallest absolute Gasteiger partial charge is 0.222 e. The molecule has 4 heteroatoms. The zero-order valence-corrected chi connectivity index (χ0v) is 12.2. The molecule has 1 amide bonds. The fraction of sp³-hybridized carbons (Fsp3) is 0.562. The zero-order valence-electron chi connectivity index (χ0n) is 12.2. The number of likely N-dealkylation sites (N-methyl/N-ethyl adjacent to an activating group) is 1. The van der Waals surface area contributed by atoms with E-state index < -0.39 is 0 Å². The molecule has 0 spiro atoms. The number of amides is 1. The van der Waals surface area contributed by atoms with Crippen LogP contribution >= 0.6 is 0 Å². The van der Waals surface area contributed by atoms with Gasteiger partial charge in [0.15, 0.2) is 0 Å². The van der Waals surface area contributed by atoms with Crippen LogP contribution in [-0.2, 0) is 11.2 Å². The van der Waals surface area contributed by atoms with Crippen LogP contribution in [0.5, 0.6) is 0 Å². The Balaban J connectivity index is 1.77. The maximum absolute atomic E-state index is 13.5. The molecule has 110 valence electrons. The SMILES string of the molecule is C[C@@H](CCc1ccccc1F)N[C@@H]1CCC(=O)N(C)C1. The Hall–Kier alpha value is -1.42. The molecule has 1 fully saturated rings. The number of carbonyl (C=O) groups excluding carboxylic acids is 1. The van der Waals surface area contributed by atoms with Crippen molar-refractivity contribution in [1.29, 1.82) is 0 Å². The minimum absolute atomic E-state index is 0.123. The van der Waals surface area contributed by atoms with Gasteiger partial charge in [-0.1, -0.05) is 18.2 Å². The Kier molecular flexibility index (Phi) is 5.12. The number of aryl methyl sites for hydroxylation is 1. The quantitative estimate of drug-likeness (QED) is 0.896. The van der Waals surface area contributed by atoms with Crippen LogP contribution in [0.2, 0.25) is 0 Å². The molecule has 0 unspecified atom stereocenters. The van der Waals surface area contributed by atoms with Gasteiger partial charge in [0.1, 0.15) is 5.82 Å². The number of piperidine rings is 1. The van der Waals surface area contributed by atoms with Crippen molar-refractivity contribution in [2.24, 2.45) is 0 Å². The van der Waals surface area contributed by atoms with Gasteiger partial charge in [0.05, 0.1) is 0 Å². The van der Waals surface area contributed by atoms with Gasteiger partial charge in [0, 0.05) is 32.1 Å². The second kappa shape index (κ2) is 6.84. The first-order valence-corrected chi connectivity index (χ1v) is 7.29. The maximum atomic E-state index is 13.5. The van der Waals surface area contributed by atoms with Crippen LogP contribution in [-0.4, -0.2) is 36.5 Å². The standard InChI is InChI=1S/C16H23FN2O/c1-12(7-8-13-5-3-4-6-15(13)17)18-14-9-10-16(20)19(2)11-14/h3-6,12,14,18H,7-11H2,1-2H3/t12-,14+/m0/s1. The normalized spacial score (nSPS) is 21.1. The summed E-state index contributed by atoms with van der Waals surface area (Å²) in [5.41, 5.74) is 0.775. The summed E-state index contributed by atoms with van der Waals surface area (Å²) in [6.45, 7) is 2.89. The molecule has 0 bridgehead atoms. The zero-order chi connectivity index (χ0) is 14.5. The van der Waals surface area contributed by atoms with Crippen molar-refractivity contribution < 1.29 is 9.18 Å². The summed E-state index contributed by atoms with van der Waals surface area (Å²) in [4.78, 5) is 13.2. The fourth-order valence-electron chi connectivity index (χ4n) is 2.71. The van der Waals surface area contributed by atoms with Crippen LogP contribution < -0.4 is 5.32 Å². The van der Waals surface area contributed by atoms with Crippen LogP contribution in [0, 0.1) is 5.82 Å². The first-order chi connectivity index (χ1) is 9.56. The first kappa shape index (κ1) is 15.0. The lowest BCUT2D eigenvalue weighted by Gasteiger charge is -2.32. The van der Waals surface area contributed by atoms with Crippen molar-refractivity contribution >= 4 is 5.91 Å². The van der Waals surface area contributed by atoms with E-state index in [2.05, 4.69) is 12.2 Å². The molecule has 1 saturated heterocycles. The van der Waals surface area contributed by atoms with Crippen LogP contribution in [0.1, 0.15) is 31.7 Å². The number of likely N-dealkylation sites (tertiary alicyclic amines) is 1.